The Labute approximate surface area is 112 Å². The van der Waals surface area contributed by atoms with Gasteiger partial charge in [-0.3, -0.25) is 0 Å². The summed E-state index contributed by atoms with van der Waals surface area (Å²) in [5.74, 6) is 0.671. The zero-order valence-corrected chi connectivity index (χ0v) is 12.3. The van der Waals surface area contributed by atoms with Crippen molar-refractivity contribution in [3.8, 4) is 0 Å². The number of hydrogen-bond donors (Lipinski definition) is 1. The molecule has 100 valence electrons. The molecule has 1 N–H and O–H groups in total. The number of rotatable bonds is 4. The van der Waals surface area contributed by atoms with Crippen molar-refractivity contribution in [3.05, 3.63) is 29.8 Å². The van der Waals surface area contributed by atoms with Gasteiger partial charge in [-0.1, -0.05) is 39.8 Å². The minimum atomic E-state index is 0.522. The molecule has 2 rings (SSSR count). The van der Waals surface area contributed by atoms with Crippen molar-refractivity contribution >= 4 is 5.69 Å². The van der Waals surface area contributed by atoms with Gasteiger partial charge >= 0.3 is 0 Å². The molecular formula is C17H27N. The highest BCUT2D eigenvalue weighted by Gasteiger charge is 2.30. The molecule has 0 amide bonds. The summed E-state index contributed by atoms with van der Waals surface area (Å²) in [6, 6.07) is 9.70. The summed E-state index contributed by atoms with van der Waals surface area (Å²) in [7, 11) is 0. The van der Waals surface area contributed by atoms with Crippen LogP contribution in [0.25, 0.3) is 0 Å². The van der Waals surface area contributed by atoms with Crippen molar-refractivity contribution in [3.63, 3.8) is 0 Å². The van der Waals surface area contributed by atoms with Crippen molar-refractivity contribution in [1.29, 1.82) is 0 Å². The zero-order valence-electron chi connectivity index (χ0n) is 12.3. The van der Waals surface area contributed by atoms with E-state index in [2.05, 4.69) is 57.3 Å². The minimum Gasteiger partial charge on any atom is -0.382 e. The molecule has 0 radical (unpaired) electrons. The first-order valence-electron chi connectivity index (χ1n) is 7.37. The number of hydrogen-bond acceptors (Lipinski definition) is 1. The number of benzene rings is 1. The van der Waals surface area contributed by atoms with Crippen LogP contribution in [-0.4, -0.2) is 6.04 Å². The van der Waals surface area contributed by atoms with Crippen molar-refractivity contribution < 1.29 is 0 Å². The molecule has 1 nitrogen and oxygen atoms in total. The summed E-state index contributed by atoms with van der Waals surface area (Å²) >= 11 is 0. The molecule has 0 aliphatic heterocycles. The molecule has 1 aliphatic rings. The normalized spacial score (nSPS) is 23.9. The van der Waals surface area contributed by atoms with Crippen molar-refractivity contribution in [1.82, 2.24) is 0 Å². The molecule has 0 heterocycles. The monoisotopic (exact) mass is 245 g/mol. The molecular weight excluding hydrogens is 218 g/mol. The molecule has 1 aliphatic carbocycles. The topological polar surface area (TPSA) is 12.0 Å². The zero-order chi connectivity index (χ0) is 13.2. The van der Waals surface area contributed by atoms with E-state index in [4.69, 9.17) is 0 Å². The van der Waals surface area contributed by atoms with Crippen molar-refractivity contribution in [2.75, 3.05) is 5.32 Å². The SMILES string of the molecule is CCC(C)c1ccc(NC2CCC(C)(C)C2)cc1. The van der Waals surface area contributed by atoms with Crippen LogP contribution in [0, 0.1) is 5.41 Å². The lowest BCUT2D eigenvalue weighted by Crippen LogP contribution is -2.17. The lowest BCUT2D eigenvalue weighted by atomic mass is 9.92. The summed E-state index contributed by atoms with van der Waals surface area (Å²) < 4.78 is 0. The van der Waals surface area contributed by atoms with Gasteiger partial charge < -0.3 is 5.32 Å². The molecule has 1 saturated carbocycles. The average Bonchev–Trinajstić information content (AvgIpc) is 2.68. The lowest BCUT2D eigenvalue weighted by Gasteiger charge is -2.19. The second-order valence-electron chi connectivity index (χ2n) is 6.68. The highest BCUT2D eigenvalue weighted by atomic mass is 14.9. The quantitative estimate of drug-likeness (QED) is 0.769. The van der Waals surface area contributed by atoms with Crippen LogP contribution in [0.5, 0.6) is 0 Å². The third-order valence-electron chi connectivity index (χ3n) is 4.43. The Morgan fingerprint density at radius 3 is 2.44 bits per heavy atom. The first kappa shape index (κ1) is 13.5. The Morgan fingerprint density at radius 2 is 1.94 bits per heavy atom. The van der Waals surface area contributed by atoms with E-state index in [1.165, 1.54) is 36.9 Å². The third kappa shape index (κ3) is 3.28. The predicted octanol–water partition coefficient (Wildman–Crippen LogP) is 5.19. The summed E-state index contributed by atoms with van der Waals surface area (Å²) in [6.07, 6.45) is 5.15. The van der Waals surface area contributed by atoms with Gasteiger partial charge in [-0.15, -0.1) is 0 Å². The van der Waals surface area contributed by atoms with Crippen LogP contribution in [0.3, 0.4) is 0 Å². The Kier molecular flexibility index (Phi) is 3.99. The van der Waals surface area contributed by atoms with Crippen LogP contribution >= 0.6 is 0 Å². The third-order valence-corrected chi connectivity index (χ3v) is 4.43. The molecule has 1 aromatic carbocycles. The molecule has 0 bridgehead atoms. The van der Waals surface area contributed by atoms with Gasteiger partial charge in [-0.2, -0.15) is 0 Å². The molecule has 2 unspecified atom stereocenters. The largest absolute Gasteiger partial charge is 0.382 e. The van der Waals surface area contributed by atoms with Gasteiger partial charge in [-0.05, 0) is 54.7 Å². The maximum Gasteiger partial charge on any atom is 0.0342 e. The smallest absolute Gasteiger partial charge is 0.0342 e. The van der Waals surface area contributed by atoms with Gasteiger partial charge in [0.15, 0.2) is 0 Å². The lowest BCUT2D eigenvalue weighted by molar-refractivity contribution is 0.378. The van der Waals surface area contributed by atoms with Crippen molar-refractivity contribution in [2.45, 2.75) is 65.3 Å². The van der Waals surface area contributed by atoms with E-state index < -0.39 is 0 Å². The Morgan fingerprint density at radius 1 is 1.28 bits per heavy atom. The summed E-state index contributed by atoms with van der Waals surface area (Å²) in [6.45, 7) is 9.29. The van der Waals surface area contributed by atoms with E-state index in [1.54, 1.807) is 0 Å². The van der Waals surface area contributed by atoms with Crippen LogP contribution in [-0.2, 0) is 0 Å². The number of anilines is 1. The van der Waals surface area contributed by atoms with Crippen LogP contribution in [0.15, 0.2) is 24.3 Å². The van der Waals surface area contributed by atoms with Crippen LogP contribution in [0.2, 0.25) is 0 Å². The second-order valence-corrected chi connectivity index (χ2v) is 6.68. The maximum atomic E-state index is 3.68. The van der Waals surface area contributed by atoms with Crippen LogP contribution in [0.4, 0.5) is 5.69 Å². The molecule has 18 heavy (non-hydrogen) atoms. The fourth-order valence-corrected chi connectivity index (χ4v) is 2.94. The van der Waals surface area contributed by atoms with Crippen molar-refractivity contribution in [2.24, 2.45) is 5.41 Å². The number of nitrogens with one attached hydrogen (secondary N) is 1. The molecule has 2 atom stereocenters. The molecule has 0 saturated heterocycles. The molecule has 1 aromatic rings. The predicted molar refractivity (Wildman–Crippen MR) is 80.2 cm³/mol. The highest BCUT2D eigenvalue weighted by Crippen LogP contribution is 2.38. The first-order chi connectivity index (χ1) is 8.50. The first-order valence-corrected chi connectivity index (χ1v) is 7.37. The Bertz CT molecular complexity index is 377. The maximum absolute atomic E-state index is 3.68. The van der Waals surface area contributed by atoms with Crippen LogP contribution < -0.4 is 5.32 Å². The van der Waals surface area contributed by atoms with Crippen LogP contribution in [0.1, 0.15) is 64.9 Å². The van der Waals surface area contributed by atoms with Gasteiger partial charge in [0.05, 0.1) is 0 Å². The van der Waals surface area contributed by atoms with Gasteiger partial charge in [-0.25, -0.2) is 0 Å². The summed E-state index contributed by atoms with van der Waals surface area (Å²) in [5, 5.41) is 3.68. The van der Waals surface area contributed by atoms with E-state index >= 15 is 0 Å². The average molecular weight is 245 g/mol. The second kappa shape index (κ2) is 5.34. The fourth-order valence-electron chi connectivity index (χ4n) is 2.94. The fraction of sp³-hybridized carbons (Fsp3) is 0.647. The molecule has 1 heteroatoms. The Balaban J connectivity index is 1.95. The van der Waals surface area contributed by atoms with Gasteiger partial charge in [0.1, 0.15) is 0 Å². The summed E-state index contributed by atoms with van der Waals surface area (Å²) in [4.78, 5) is 0. The van der Waals surface area contributed by atoms with Gasteiger partial charge in [0.25, 0.3) is 0 Å². The van der Waals surface area contributed by atoms with E-state index in [9.17, 15) is 0 Å². The molecule has 1 fully saturated rings. The van der Waals surface area contributed by atoms with E-state index in [0.29, 0.717) is 17.4 Å². The van der Waals surface area contributed by atoms with E-state index in [1.807, 2.05) is 0 Å². The highest BCUT2D eigenvalue weighted by molar-refractivity contribution is 5.46. The minimum absolute atomic E-state index is 0.522. The van der Waals surface area contributed by atoms with E-state index in [-0.39, 0.29) is 0 Å². The standard InChI is InChI=1S/C17H27N/c1-5-13(2)14-6-8-15(9-7-14)18-16-10-11-17(3,4)12-16/h6-9,13,16,18H,5,10-12H2,1-4H3. The molecule has 0 spiro atoms. The Hall–Kier alpha value is -0.980. The molecule has 0 aromatic heterocycles. The van der Waals surface area contributed by atoms with Gasteiger partial charge in [0, 0.05) is 11.7 Å². The summed E-state index contributed by atoms with van der Waals surface area (Å²) in [5.41, 5.74) is 3.26. The van der Waals surface area contributed by atoms with E-state index in [0.717, 1.165) is 0 Å². The van der Waals surface area contributed by atoms with Gasteiger partial charge in [0.2, 0.25) is 0 Å².